The van der Waals surface area contributed by atoms with Gasteiger partial charge in [0, 0.05) is 12.1 Å². The molecule has 0 unspecified atom stereocenters. The summed E-state index contributed by atoms with van der Waals surface area (Å²) in [5, 5.41) is 14.5. The van der Waals surface area contributed by atoms with Crippen molar-refractivity contribution in [2.45, 2.75) is 13.8 Å². The predicted octanol–water partition coefficient (Wildman–Crippen LogP) is 2.65. The third-order valence-corrected chi connectivity index (χ3v) is 2.92. The Balaban J connectivity index is 2.09. The quantitative estimate of drug-likeness (QED) is 0.531. The lowest BCUT2D eigenvalue weighted by atomic mass is 10.1. The molecule has 0 aliphatic heterocycles. The average Bonchev–Trinajstić information content (AvgIpc) is 2.90. The van der Waals surface area contributed by atoms with Crippen molar-refractivity contribution in [3.63, 3.8) is 0 Å². The van der Waals surface area contributed by atoms with Crippen molar-refractivity contribution in [3.8, 4) is 0 Å². The number of hydrazone groups is 1. The van der Waals surface area contributed by atoms with Gasteiger partial charge in [0.1, 0.15) is 5.76 Å². The first-order chi connectivity index (χ1) is 9.99. The lowest BCUT2D eigenvalue weighted by Crippen LogP contribution is -2.19. The fraction of sp³-hybridized carbons (Fsp3) is 0.143. The molecule has 0 saturated heterocycles. The third-order valence-electron chi connectivity index (χ3n) is 2.92. The van der Waals surface area contributed by atoms with Crippen LogP contribution in [0.15, 0.2) is 46.1 Å². The molecule has 0 fully saturated rings. The molecule has 7 heteroatoms. The van der Waals surface area contributed by atoms with Crippen molar-refractivity contribution >= 4 is 17.3 Å². The maximum Gasteiger partial charge on any atom is 0.274 e. The Kier molecular flexibility index (Phi) is 4.13. The number of carbonyl (C=O) groups excluding carboxylic acids is 1. The monoisotopic (exact) mass is 287 g/mol. The molecule has 1 heterocycles. The first-order valence-corrected chi connectivity index (χ1v) is 6.12. The molecular formula is C14H13N3O4. The van der Waals surface area contributed by atoms with E-state index in [0.717, 1.165) is 0 Å². The largest absolute Gasteiger partial charge is 0.469 e. The second-order valence-corrected chi connectivity index (χ2v) is 4.33. The molecule has 2 aromatic rings. The van der Waals surface area contributed by atoms with Crippen LogP contribution in [-0.2, 0) is 0 Å². The lowest BCUT2D eigenvalue weighted by molar-refractivity contribution is -0.384. The summed E-state index contributed by atoms with van der Waals surface area (Å²) < 4.78 is 5.04. The molecule has 0 aliphatic carbocycles. The van der Waals surface area contributed by atoms with E-state index in [1.807, 2.05) is 0 Å². The highest BCUT2D eigenvalue weighted by Crippen LogP contribution is 2.12. The zero-order valence-corrected chi connectivity index (χ0v) is 11.5. The number of furan rings is 1. The van der Waals surface area contributed by atoms with Gasteiger partial charge in [0.05, 0.1) is 22.5 Å². The van der Waals surface area contributed by atoms with Gasteiger partial charge in [0.2, 0.25) is 0 Å². The van der Waals surface area contributed by atoms with E-state index in [9.17, 15) is 14.9 Å². The summed E-state index contributed by atoms with van der Waals surface area (Å²) in [5.41, 5.74) is 4.06. The van der Waals surface area contributed by atoms with Crippen LogP contribution in [0.5, 0.6) is 0 Å². The second kappa shape index (κ2) is 6.00. The third kappa shape index (κ3) is 3.33. The summed E-state index contributed by atoms with van der Waals surface area (Å²) in [5.74, 6) is 0.137. The molecule has 0 atom stereocenters. The SMILES string of the molecule is C/C(=N\NC(=O)c1ccoc1C)c1ccc([N+](=O)[O-])cc1. The minimum Gasteiger partial charge on any atom is -0.469 e. The van der Waals surface area contributed by atoms with Gasteiger partial charge in [-0.15, -0.1) is 0 Å². The number of hydrogen-bond donors (Lipinski definition) is 1. The van der Waals surface area contributed by atoms with Gasteiger partial charge in [-0.25, -0.2) is 5.43 Å². The van der Waals surface area contributed by atoms with E-state index < -0.39 is 4.92 Å². The maximum atomic E-state index is 11.8. The van der Waals surface area contributed by atoms with Crippen LogP contribution in [0.4, 0.5) is 5.69 Å². The number of nitrogens with zero attached hydrogens (tertiary/aromatic N) is 2. The number of nitro benzene ring substituents is 1. The number of nitrogens with one attached hydrogen (secondary N) is 1. The van der Waals surface area contributed by atoms with Gasteiger partial charge in [-0.2, -0.15) is 5.10 Å². The average molecular weight is 287 g/mol. The minimum absolute atomic E-state index is 0.00427. The van der Waals surface area contributed by atoms with Crippen molar-refractivity contribution in [1.82, 2.24) is 5.43 Å². The first kappa shape index (κ1) is 14.4. The van der Waals surface area contributed by atoms with Gasteiger partial charge in [0.25, 0.3) is 11.6 Å². The van der Waals surface area contributed by atoms with Crippen LogP contribution in [0.3, 0.4) is 0 Å². The van der Waals surface area contributed by atoms with Gasteiger partial charge < -0.3 is 4.42 Å². The van der Waals surface area contributed by atoms with E-state index in [-0.39, 0.29) is 11.6 Å². The van der Waals surface area contributed by atoms with E-state index in [4.69, 9.17) is 4.42 Å². The van der Waals surface area contributed by atoms with Crippen molar-refractivity contribution in [1.29, 1.82) is 0 Å². The Morgan fingerprint density at radius 3 is 2.48 bits per heavy atom. The summed E-state index contributed by atoms with van der Waals surface area (Å²) in [4.78, 5) is 21.9. The van der Waals surface area contributed by atoms with Crippen LogP contribution in [0.25, 0.3) is 0 Å². The Hall–Kier alpha value is -2.96. The number of nitro groups is 1. The Labute approximate surface area is 120 Å². The number of benzene rings is 1. The molecule has 1 amide bonds. The van der Waals surface area contributed by atoms with Gasteiger partial charge in [-0.3, -0.25) is 14.9 Å². The number of hydrogen-bond acceptors (Lipinski definition) is 5. The molecule has 0 spiro atoms. The number of non-ortho nitro benzene ring substituents is 1. The van der Waals surface area contributed by atoms with Crippen LogP contribution < -0.4 is 5.43 Å². The van der Waals surface area contributed by atoms with Crippen LogP contribution in [0, 0.1) is 17.0 Å². The van der Waals surface area contributed by atoms with Crippen LogP contribution in [0.2, 0.25) is 0 Å². The smallest absolute Gasteiger partial charge is 0.274 e. The standard InChI is InChI=1S/C14H13N3O4/c1-9(11-3-5-12(6-4-11)17(19)20)15-16-14(18)13-7-8-21-10(13)2/h3-8H,1-2H3,(H,16,18)/b15-9+. The second-order valence-electron chi connectivity index (χ2n) is 4.33. The van der Waals surface area contributed by atoms with Crippen LogP contribution in [-0.4, -0.2) is 16.5 Å². The van der Waals surface area contributed by atoms with E-state index >= 15 is 0 Å². The Bertz CT molecular complexity index is 701. The van der Waals surface area contributed by atoms with E-state index in [2.05, 4.69) is 10.5 Å². The molecule has 0 radical (unpaired) electrons. The van der Waals surface area contributed by atoms with Crippen molar-refractivity contribution < 1.29 is 14.1 Å². The molecule has 2 rings (SSSR count). The van der Waals surface area contributed by atoms with Gasteiger partial charge in [-0.1, -0.05) is 0 Å². The van der Waals surface area contributed by atoms with Crippen molar-refractivity contribution in [2.75, 3.05) is 0 Å². The minimum atomic E-state index is -0.473. The summed E-state index contributed by atoms with van der Waals surface area (Å²) >= 11 is 0. The van der Waals surface area contributed by atoms with E-state index in [1.165, 1.54) is 18.4 Å². The maximum absolute atomic E-state index is 11.8. The molecule has 0 bridgehead atoms. The van der Waals surface area contributed by atoms with E-state index in [0.29, 0.717) is 22.6 Å². The molecule has 1 N–H and O–H groups in total. The topological polar surface area (TPSA) is 97.7 Å². The molecule has 21 heavy (non-hydrogen) atoms. The Morgan fingerprint density at radius 2 is 1.95 bits per heavy atom. The molecule has 1 aromatic carbocycles. The molecular weight excluding hydrogens is 274 g/mol. The Morgan fingerprint density at radius 1 is 1.29 bits per heavy atom. The molecule has 0 saturated carbocycles. The summed E-state index contributed by atoms with van der Waals surface area (Å²) in [6.07, 6.45) is 1.43. The zero-order chi connectivity index (χ0) is 15.4. The molecule has 1 aromatic heterocycles. The predicted molar refractivity (Wildman–Crippen MR) is 76.2 cm³/mol. The molecule has 0 aliphatic rings. The normalized spacial score (nSPS) is 11.2. The van der Waals surface area contributed by atoms with Gasteiger partial charge in [0.15, 0.2) is 0 Å². The molecule has 108 valence electrons. The van der Waals surface area contributed by atoms with Crippen molar-refractivity contribution in [2.24, 2.45) is 5.10 Å². The number of amides is 1. The van der Waals surface area contributed by atoms with Crippen LogP contribution >= 0.6 is 0 Å². The number of aryl methyl sites for hydroxylation is 1. The highest BCUT2D eigenvalue weighted by molar-refractivity contribution is 6.01. The summed E-state index contributed by atoms with van der Waals surface area (Å²) in [7, 11) is 0. The highest BCUT2D eigenvalue weighted by Gasteiger charge is 2.11. The number of rotatable bonds is 4. The van der Waals surface area contributed by atoms with E-state index in [1.54, 1.807) is 32.0 Å². The fourth-order valence-corrected chi connectivity index (χ4v) is 1.70. The summed E-state index contributed by atoms with van der Waals surface area (Å²) in [6, 6.07) is 7.48. The highest BCUT2D eigenvalue weighted by atomic mass is 16.6. The zero-order valence-electron chi connectivity index (χ0n) is 11.5. The summed E-state index contributed by atoms with van der Waals surface area (Å²) in [6.45, 7) is 3.38. The van der Waals surface area contributed by atoms with Crippen LogP contribution in [0.1, 0.15) is 28.6 Å². The first-order valence-electron chi connectivity index (χ1n) is 6.12. The lowest BCUT2D eigenvalue weighted by Gasteiger charge is -2.02. The molecule has 7 nitrogen and oxygen atoms in total. The number of carbonyl (C=O) groups is 1. The van der Waals surface area contributed by atoms with Gasteiger partial charge >= 0.3 is 0 Å². The van der Waals surface area contributed by atoms with Gasteiger partial charge in [-0.05, 0) is 37.6 Å². The fourth-order valence-electron chi connectivity index (χ4n) is 1.70. The van der Waals surface area contributed by atoms with Crippen molar-refractivity contribution in [3.05, 3.63) is 63.6 Å².